The molecule has 0 saturated carbocycles. The van der Waals surface area contributed by atoms with Gasteiger partial charge >= 0.3 is 11.8 Å². The summed E-state index contributed by atoms with van der Waals surface area (Å²) in [5, 5.41) is 6.12. The van der Waals surface area contributed by atoms with E-state index in [9.17, 15) is 18.8 Å². The highest BCUT2D eigenvalue weighted by molar-refractivity contribution is 9.10. The first kappa shape index (κ1) is 23.5. The molecule has 4 aromatic rings. The Hall–Kier alpha value is -3.69. The Labute approximate surface area is 207 Å². The number of rotatable bonds is 4. The Bertz CT molecular complexity index is 1450. The van der Waals surface area contributed by atoms with Crippen molar-refractivity contribution < 1.29 is 18.8 Å². The number of anilines is 2. The second kappa shape index (κ2) is 9.66. The molecule has 3 N–H and O–H groups in total. The summed E-state index contributed by atoms with van der Waals surface area (Å²) in [4.78, 5) is 38.2. The average Bonchev–Trinajstić information content (AvgIpc) is 3.15. The third-order valence-corrected chi connectivity index (χ3v) is 5.96. The zero-order valence-electron chi connectivity index (χ0n) is 17.7. The van der Waals surface area contributed by atoms with Crippen molar-refractivity contribution in [3.63, 3.8) is 0 Å². The molecule has 3 amide bonds. The van der Waals surface area contributed by atoms with Crippen LogP contribution in [0.5, 0.6) is 0 Å². The molecule has 0 fully saturated rings. The quantitative estimate of drug-likeness (QED) is 0.298. The summed E-state index contributed by atoms with van der Waals surface area (Å²) in [5.41, 5.74) is 4.01. The molecular formula is C24H17BrClFN4O3. The minimum absolute atomic E-state index is 0.0690. The lowest BCUT2D eigenvalue weighted by molar-refractivity contribution is -0.133. The summed E-state index contributed by atoms with van der Waals surface area (Å²) in [6.07, 6.45) is 0. The second-order valence-corrected chi connectivity index (χ2v) is 8.63. The van der Waals surface area contributed by atoms with Crippen molar-refractivity contribution in [1.82, 2.24) is 4.68 Å². The van der Waals surface area contributed by atoms with Gasteiger partial charge in [0.15, 0.2) is 0 Å². The van der Waals surface area contributed by atoms with Gasteiger partial charge in [-0.15, -0.1) is 0 Å². The fraction of sp³-hybridized carbons (Fsp3) is 0.0417. The van der Waals surface area contributed by atoms with Gasteiger partial charge in [0.2, 0.25) is 0 Å². The van der Waals surface area contributed by atoms with Crippen LogP contribution < -0.4 is 16.1 Å². The molecule has 1 heterocycles. The molecule has 0 bridgehead atoms. The van der Waals surface area contributed by atoms with Crippen LogP contribution in [0.1, 0.15) is 16.1 Å². The third-order valence-electron chi connectivity index (χ3n) is 5.05. The molecule has 34 heavy (non-hydrogen) atoms. The number of nitrogens with one attached hydrogen (secondary N) is 3. The number of halogens is 3. The Morgan fingerprint density at radius 1 is 0.912 bits per heavy atom. The van der Waals surface area contributed by atoms with E-state index in [-0.39, 0.29) is 11.4 Å². The van der Waals surface area contributed by atoms with Gasteiger partial charge in [-0.05, 0) is 61.0 Å². The number of aromatic nitrogens is 1. The molecule has 0 unspecified atom stereocenters. The summed E-state index contributed by atoms with van der Waals surface area (Å²) in [6.45, 7) is 1.76. The van der Waals surface area contributed by atoms with Crippen LogP contribution in [0, 0.1) is 12.7 Å². The SMILES string of the molecule is Cc1c(Cl)cccc1NC(=O)c1cc2cc(Br)ccc2n1NC(=O)C(=O)Nc1ccccc1F. The van der Waals surface area contributed by atoms with Gasteiger partial charge in [0.05, 0.1) is 11.2 Å². The van der Waals surface area contributed by atoms with Crippen LogP contribution in [0.4, 0.5) is 15.8 Å². The van der Waals surface area contributed by atoms with Gasteiger partial charge in [0, 0.05) is 20.6 Å². The van der Waals surface area contributed by atoms with Crippen LogP contribution >= 0.6 is 27.5 Å². The fourth-order valence-corrected chi connectivity index (χ4v) is 3.85. The molecule has 4 rings (SSSR count). The molecular weight excluding hydrogens is 527 g/mol. The number of carbonyl (C=O) groups excluding carboxylic acids is 3. The minimum Gasteiger partial charge on any atom is -0.320 e. The highest BCUT2D eigenvalue weighted by atomic mass is 79.9. The van der Waals surface area contributed by atoms with Gasteiger partial charge in [-0.3, -0.25) is 19.8 Å². The molecule has 172 valence electrons. The van der Waals surface area contributed by atoms with Gasteiger partial charge in [0.25, 0.3) is 5.91 Å². The van der Waals surface area contributed by atoms with Gasteiger partial charge in [-0.2, -0.15) is 0 Å². The minimum atomic E-state index is -1.10. The van der Waals surface area contributed by atoms with E-state index >= 15 is 0 Å². The van der Waals surface area contributed by atoms with E-state index in [1.165, 1.54) is 22.9 Å². The molecule has 0 saturated heterocycles. The third kappa shape index (κ3) is 4.80. The molecule has 7 nitrogen and oxygen atoms in total. The molecule has 3 aromatic carbocycles. The Morgan fingerprint density at radius 3 is 2.41 bits per heavy atom. The predicted octanol–water partition coefficient (Wildman–Crippen LogP) is 5.47. The number of carbonyl (C=O) groups is 3. The van der Waals surface area contributed by atoms with E-state index in [1.807, 2.05) is 0 Å². The largest absolute Gasteiger partial charge is 0.328 e. The monoisotopic (exact) mass is 542 g/mol. The van der Waals surface area contributed by atoms with Crippen LogP contribution in [-0.2, 0) is 9.59 Å². The number of nitrogens with zero attached hydrogens (tertiary/aromatic N) is 1. The lowest BCUT2D eigenvalue weighted by Gasteiger charge is -2.14. The molecule has 0 spiro atoms. The maximum atomic E-state index is 13.9. The Kier molecular flexibility index (Phi) is 6.67. The van der Waals surface area contributed by atoms with Crippen LogP contribution in [0.25, 0.3) is 10.9 Å². The number of para-hydroxylation sites is 1. The lowest BCUT2D eigenvalue weighted by atomic mass is 10.2. The van der Waals surface area contributed by atoms with Crippen LogP contribution in [0.2, 0.25) is 5.02 Å². The first-order chi connectivity index (χ1) is 16.2. The number of hydrogen-bond donors (Lipinski definition) is 3. The van der Waals surface area contributed by atoms with Gasteiger partial charge in [0.1, 0.15) is 11.5 Å². The number of benzene rings is 3. The zero-order chi connectivity index (χ0) is 24.4. The van der Waals surface area contributed by atoms with Gasteiger partial charge in [-0.25, -0.2) is 9.07 Å². The highest BCUT2D eigenvalue weighted by Crippen LogP contribution is 2.26. The Morgan fingerprint density at radius 2 is 1.65 bits per heavy atom. The van der Waals surface area contributed by atoms with Crippen molar-refractivity contribution in [2.75, 3.05) is 16.1 Å². The normalized spacial score (nSPS) is 10.7. The first-order valence-corrected chi connectivity index (χ1v) is 11.2. The Balaban J connectivity index is 1.66. The summed E-state index contributed by atoms with van der Waals surface area (Å²) in [7, 11) is 0. The summed E-state index contributed by atoms with van der Waals surface area (Å²) in [6, 6.07) is 17.3. The molecule has 10 heteroatoms. The highest BCUT2D eigenvalue weighted by Gasteiger charge is 2.22. The average molecular weight is 544 g/mol. The van der Waals surface area contributed by atoms with E-state index in [0.717, 1.165) is 10.5 Å². The maximum Gasteiger partial charge on any atom is 0.328 e. The maximum absolute atomic E-state index is 13.9. The van der Waals surface area contributed by atoms with Crippen molar-refractivity contribution >= 4 is 67.5 Å². The van der Waals surface area contributed by atoms with E-state index in [1.54, 1.807) is 49.4 Å². The molecule has 0 aliphatic heterocycles. The van der Waals surface area contributed by atoms with E-state index in [2.05, 4.69) is 32.0 Å². The van der Waals surface area contributed by atoms with Gasteiger partial charge < -0.3 is 10.6 Å². The molecule has 0 atom stereocenters. The van der Waals surface area contributed by atoms with Gasteiger partial charge in [-0.1, -0.05) is 45.7 Å². The van der Waals surface area contributed by atoms with Crippen LogP contribution in [0.3, 0.4) is 0 Å². The van der Waals surface area contributed by atoms with Crippen LogP contribution in [0.15, 0.2) is 71.2 Å². The van der Waals surface area contributed by atoms with Crippen molar-refractivity contribution in [3.8, 4) is 0 Å². The van der Waals surface area contributed by atoms with Crippen molar-refractivity contribution in [1.29, 1.82) is 0 Å². The molecule has 1 aromatic heterocycles. The number of hydrogen-bond acceptors (Lipinski definition) is 3. The summed E-state index contributed by atoms with van der Waals surface area (Å²) in [5.74, 6) is -3.40. The standard InChI is InChI=1S/C24H17BrClFN4O3/c1-13-16(26)5-4-8-18(13)28-22(32)21-12-14-11-15(25)9-10-20(14)31(21)30-24(34)23(33)29-19-7-3-2-6-17(19)27/h2-12H,1H3,(H,28,32)(H,29,33)(H,30,34). The molecule has 0 radical (unpaired) electrons. The smallest absolute Gasteiger partial charge is 0.320 e. The van der Waals surface area contributed by atoms with Crippen molar-refractivity contribution in [2.45, 2.75) is 6.92 Å². The van der Waals surface area contributed by atoms with Crippen molar-refractivity contribution in [2.24, 2.45) is 0 Å². The number of fused-ring (bicyclic) bond motifs is 1. The predicted molar refractivity (Wildman–Crippen MR) is 133 cm³/mol. The fourth-order valence-electron chi connectivity index (χ4n) is 3.30. The van der Waals surface area contributed by atoms with Crippen molar-refractivity contribution in [3.05, 3.63) is 93.3 Å². The van der Waals surface area contributed by atoms with E-state index in [4.69, 9.17) is 11.6 Å². The van der Waals surface area contributed by atoms with E-state index < -0.39 is 23.5 Å². The summed E-state index contributed by atoms with van der Waals surface area (Å²) < 4.78 is 15.8. The number of amides is 3. The second-order valence-electron chi connectivity index (χ2n) is 7.31. The first-order valence-electron chi connectivity index (χ1n) is 9.99. The molecule has 0 aliphatic carbocycles. The summed E-state index contributed by atoms with van der Waals surface area (Å²) >= 11 is 9.53. The zero-order valence-corrected chi connectivity index (χ0v) is 20.0. The molecule has 0 aliphatic rings. The van der Waals surface area contributed by atoms with Crippen LogP contribution in [-0.4, -0.2) is 22.4 Å². The van der Waals surface area contributed by atoms with E-state index in [0.29, 0.717) is 27.2 Å². The lowest BCUT2D eigenvalue weighted by Crippen LogP contribution is -2.36. The topological polar surface area (TPSA) is 92.2 Å².